The number of aromatic nitrogens is 2. The highest BCUT2D eigenvalue weighted by Gasteiger charge is 2.19. The summed E-state index contributed by atoms with van der Waals surface area (Å²) in [6.45, 7) is 6.94. The van der Waals surface area contributed by atoms with Gasteiger partial charge in [-0.2, -0.15) is 0 Å². The van der Waals surface area contributed by atoms with Crippen LogP contribution in [0.2, 0.25) is 0 Å². The van der Waals surface area contributed by atoms with E-state index in [1.165, 1.54) is 0 Å². The molecule has 0 amide bonds. The summed E-state index contributed by atoms with van der Waals surface area (Å²) in [5.74, 6) is 2.07. The molecule has 1 aliphatic rings. The second-order valence-corrected chi connectivity index (χ2v) is 5.70. The molecule has 0 unspecified atom stereocenters. The molecule has 1 aromatic heterocycles. The smallest absolute Gasteiger partial charge is 0.296 e. The second kappa shape index (κ2) is 8.44. The number of aryl methyl sites for hydroxylation is 1. The molecule has 112 valence electrons. The molecule has 20 heavy (non-hydrogen) atoms. The van der Waals surface area contributed by atoms with Crippen LogP contribution in [0.1, 0.15) is 19.0 Å². The maximum Gasteiger partial charge on any atom is 0.296 e. The van der Waals surface area contributed by atoms with Gasteiger partial charge in [-0.3, -0.25) is 9.69 Å². The summed E-state index contributed by atoms with van der Waals surface area (Å²) < 4.78 is 5.36. The molecule has 2 heterocycles. The van der Waals surface area contributed by atoms with E-state index in [2.05, 4.69) is 20.9 Å². The van der Waals surface area contributed by atoms with Gasteiger partial charge in [-0.25, -0.2) is 4.98 Å². The molecule has 1 N–H and O–H groups in total. The van der Waals surface area contributed by atoms with Crippen molar-refractivity contribution in [3.05, 3.63) is 11.8 Å². The quantitative estimate of drug-likeness (QED) is 0.470. The van der Waals surface area contributed by atoms with Crippen LogP contribution < -0.4 is 22.3 Å². The van der Waals surface area contributed by atoms with E-state index >= 15 is 0 Å². The third-order valence-corrected chi connectivity index (χ3v) is 3.78. The highest BCUT2D eigenvalue weighted by atomic mass is 35.5. The first-order valence-electron chi connectivity index (χ1n) is 6.51. The summed E-state index contributed by atoms with van der Waals surface area (Å²) >= 11 is 1.60. The van der Waals surface area contributed by atoms with E-state index in [0.717, 1.165) is 48.7 Å². The lowest BCUT2D eigenvalue weighted by molar-refractivity contribution is -0.420. The second-order valence-electron chi connectivity index (χ2n) is 4.61. The summed E-state index contributed by atoms with van der Waals surface area (Å²) in [5, 5.41) is 0.878. The number of Topliss-reactive ketones (excluding diaryl/α,β-unsaturated/α-hetero) is 1. The Morgan fingerprint density at radius 3 is 2.85 bits per heavy atom. The molecule has 0 atom stereocenters. The Bertz CT molecular complexity index is 453. The molecule has 0 saturated carbocycles. The van der Waals surface area contributed by atoms with Crippen molar-refractivity contribution in [1.29, 1.82) is 0 Å². The lowest BCUT2D eigenvalue weighted by atomic mass is 10.3. The van der Waals surface area contributed by atoms with Crippen LogP contribution in [-0.2, 0) is 9.53 Å². The van der Waals surface area contributed by atoms with E-state index in [0.29, 0.717) is 6.42 Å². The Hall–Kier alpha value is -0.850. The Balaban J connectivity index is 0.00000200. The number of carbonyl (C=O) groups excluding carboxylic acids is 1. The van der Waals surface area contributed by atoms with Crippen LogP contribution in [0.25, 0.3) is 0 Å². The maximum atomic E-state index is 10.9. The molecule has 2 rings (SSSR count). The Labute approximate surface area is 129 Å². The van der Waals surface area contributed by atoms with E-state index in [-0.39, 0.29) is 18.2 Å². The number of aromatic amines is 1. The van der Waals surface area contributed by atoms with E-state index in [1.54, 1.807) is 18.7 Å². The zero-order valence-corrected chi connectivity index (χ0v) is 13.4. The number of anilines is 1. The zero-order chi connectivity index (χ0) is 13.7. The molecule has 7 heteroatoms. The van der Waals surface area contributed by atoms with Crippen LogP contribution in [0.3, 0.4) is 0 Å². The fourth-order valence-electron chi connectivity index (χ4n) is 1.90. The van der Waals surface area contributed by atoms with Crippen molar-refractivity contribution in [1.82, 2.24) is 4.98 Å². The van der Waals surface area contributed by atoms with Gasteiger partial charge in [-0.05, 0) is 13.8 Å². The van der Waals surface area contributed by atoms with Crippen molar-refractivity contribution < 1.29 is 26.9 Å². The monoisotopic (exact) mass is 317 g/mol. The average Bonchev–Trinajstić information content (AvgIpc) is 2.39. The van der Waals surface area contributed by atoms with Gasteiger partial charge < -0.3 is 17.1 Å². The number of morpholine rings is 1. The number of carbonyl (C=O) groups is 1. The van der Waals surface area contributed by atoms with Crippen molar-refractivity contribution in [3.8, 4) is 0 Å². The SMILES string of the molecule is CC(=O)CCSc1nc(C)cc(N2CCOCC2)[nH+]1.[Cl-]. The minimum absolute atomic E-state index is 0. The number of nitrogens with zero attached hydrogens (tertiary/aromatic N) is 2. The van der Waals surface area contributed by atoms with Crippen LogP contribution in [0.15, 0.2) is 11.2 Å². The highest BCUT2D eigenvalue weighted by molar-refractivity contribution is 7.99. The van der Waals surface area contributed by atoms with Gasteiger partial charge in [0.2, 0.25) is 5.82 Å². The fraction of sp³-hybridized carbons (Fsp3) is 0.615. The normalized spacial score (nSPS) is 14.8. The van der Waals surface area contributed by atoms with Gasteiger partial charge >= 0.3 is 0 Å². The van der Waals surface area contributed by atoms with Crippen molar-refractivity contribution in [2.75, 3.05) is 37.0 Å². The molecule has 0 aliphatic carbocycles. The van der Waals surface area contributed by atoms with Crippen molar-refractivity contribution in [3.63, 3.8) is 0 Å². The summed E-state index contributed by atoms with van der Waals surface area (Å²) in [5.41, 5.74) is 0.991. The fourth-order valence-corrected chi connectivity index (χ4v) is 2.87. The van der Waals surface area contributed by atoms with Gasteiger partial charge in [0.15, 0.2) is 0 Å². The number of halogens is 1. The Morgan fingerprint density at radius 2 is 2.20 bits per heavy atom. The number of ether oxygens (including phenoxy) is 1. The van der Waals surface area contributed by atoms with Gasteiger partial charge in [0.05, 0.1) is 26.3 Å². The lowest BCUT2D eigenvalue weighted by Gasteiger charge is -2.23. The predicted molar refractivity (Wildman–Crippen MR) is 74.6 cm³/mol. The molecule has 0 aromatic carbocycles. The van der Waals surface area contributed by atoms with Crippen molar-refractivity contribution >= 4 is 23.4 Å². The minimum atomic E-state index is 0. The van der Waals surface area contributed by atoms with Crippen LogP contribution in [0.5, 0.6) is 0 Å². The average molecular weight is 318 g/mol. The molecule has 0 bridgehead atoms. The molecule has 1 saturated heterocycles. The first kappa shape index (κ1) is 17.2. The molecular formula is C13H20ClN3O2S. The summed E-state index contributed by atoms with van der Waals surface area (Å²) in [6, 6.07) is 2.06. The molecule has 0 spiro atoms. The maximum absolute atomic E-state index is 10.9. The third-order valence-electron chi connectivity index (χ3n) is 2.90. The lowest BCUT2D eigenvalue weighted by Crippen LogP contribution is -3.00. The number of thioether (sulfide) groups is 1. The van der Waals surface area contributed by atoms with E-state index in [4.69, 9.17) is 4.74 Å². The van der Waals surface area contributed by atoms with Crippen LogP contribution >= 0.6 is 11.8 Å². The van der Waals surface area contributed by atoms with Crippen molar-refractivity contribution in [2.45, 2.75) is 25.4 Å². The standard InChI is InChI=1S/C13H19N3O2S.ClH/c1-10-9-12(16-4-6-18-7-5-16)15-13(14-10)19-8-3-11(2)17;/h9H,3-8H2,1-2H3;1H. The third kappa shape index (κ3) is 5.26. The predicted octanol–water partition coefficient (Wildman–Crippen LogP) is -1.88. The van der Waals surface area contributed by atoms with Gasteiger partial charge in [0.25, 0.3) is 5.16 Å². The topological polar surface area (TPSA) is 56.6 Å². The van der Waals surface area contributed by atoms with Crippen LogP contribution in [0.4, 0.5) is 5.82 Å². The number of hydrogen-bond acceptors (Lipinski definition) is 5. The van der Waals surface area contributed by atoms with Gasteiger partial charge in [-0.15, -0.1) is 4.98 Å². The van der Waals surface area contributed by atoms with E-state index in [9.17, 15) is 4.79 Å². The largest absolute Gasteiger partial charge is 1.00 e. The van der Waals surface area contributed by atoms with Crippen molar-refractivity contribution in [2.24, 2.45) is 0 Å². The molecule has 1 fully saturated rings. The summed E-state index contributed by atoms with van der Waals surface area (Å²) in [6.07, 6.45) is 0.584. The van der Waals surface area contributed by atoms with Crippen LogP contribution in [0, 0.1) is 6.92 Å². The Morgan fingerprint density at radius 1 is 1.50 bits per heavy atom. The minimum Gasteiger partial charge on any atom is -1.00 e. The number of nitrogens with one attached hydrogen (secondary N) is 1. The first-order chi connectivity index (χ1) is 9.15. The number of hydrogen-bond donors (Lipinski definition) is 0. The first-order valence-corrected chi connectivity index (χ1v) is 7.49. The number of ketones is 1. The molecule has 5 nitrogen and oxygen atoms in total. The zero-order valence-electron chi connectivity index (χ0n) is 11.8. The molecule has 1 aliphatic heterocycles. The van der Waals surface area contributed by atoms with Gasteiger partial charge in [0, 0.05) is 18.2 Å². The van der Waals surface area contributed by atoms with E-state index in [1.807, 2.05) is 6.92 Å². The van der Waals surface area contributed by atoms with Gasteiger partial charge in [0.1, 0.15) is 11.5 Å². The Kier molecular flexibility index (Phi) is 7.26. The molecule has 1 aromatic rings. The number of rotatable bonds is 5. The van der Waals surface area contributed by atoms with E-state index < -0.39 is 0 Å². The summed E-state index contributed by atoms with van der Waals surface area (Å²) in [4.78, 5) is 21.0. The molecular weight excluding hydrogens is 298 g/mol. The van der Waals surface area contributed by atoms with Gasteiger partial charge in [-0.1, -0.05) is 11.8 Å². The summed E-state index contributed by atoms with van der Waals surface area (Å²) in [7, 11) is 0. The highest BCUT2D eigenvalue weighted by Crippen LogP contribution is 2.16. The van der Waals surface area contributed by atoms with Crippen LogP contribution in [-0.4, -0.2) is 42.8 Å². The number of H-pyrrole nitrogens is 1. The molecule has 0 radical (unpaired) electrons.